The number of ether oxygens (including phenoxy) is 2. The van der Waals surface area contributed by atoms with E-state index in [1.807, 2.05) is 0 Å². The van der Waals surface area contributed by atoms with Crippen LogP contribution in [0, 0.1) is 0 Å². The lowest BCUT2D eigenvalue weighted by molar-refractivity contribution is 0.118. The summed E-state index contributed by atoms with van der Waals surface area (Å²) >= 11 is 0. The van der Waals surface area contributed by atoms with Crippen molar-refractivity contribution in [1.29, 1.82) is 0 Å². The molecule has 0 N–H and O–H groups in total. The molecule has 6 nitrogen and oxygen atoms in total. The number of hydrogen-bond acceptors (Lipinski definition) is 6. The smallest absolute Gasteiger partial charge is 0.385 e. The van der Waals surface area contributed by atoms with E-state index in [1.54, 1.807) is 35.5 Å². The zero-order valence-electron chi connectivity index (χ0n) is 14.4. The van der Waals surface area contributed by atoms with E-state index in [0.29, 0.717) is 0 Å². The Morgan fingerprint density at radius 2 is 1.24 bits per heavy atom. The number of methoxy groups -OCH3 is 2. The molecule has 7 heteroatoms. The lowest BCUT2D eigenvalue weighted by Crippen LogP contribution is -2.43. The minimum absolute atomic E-state index is 0.756. The van der Waals surface area contributed by atoms with Crippen LogP contribution < -0.4 is 0 Å². The highest BCUT2D eigenvalue weighted by molar-refractivity contribution is 6.60. The third-order valence-electron chi connectivity index (χ3n) is 3.57. The molecule has 0 rings (SSSR count). The fraction of sp³-hybridized carbons (Fsp3) is 1.00. The van der Waals surface area contributed by atoms with E-state index < -0.39 is 8.80 Å². The van der Waals surface area contributed by atoms with Gasteiger partial charge < -0.3 is 27.7 Å². The van der Waals surface area contributed by atoms with Gasteiger partial charge in [0.2, 0.25) is 0 Å². The van der Waals surface area contributed by atoms with Crippen molar-refractivity contribution in [3.8, 4) is 0 Å². The Bertz CT molecular complexity index is 221. The van der Waals surface area contributed by atoms with Crippen LogP contribution in [0.3, 0.4) is 0 Å². The Labute approximate surface area is 131 Å². The van der Waals surface area contributed by atoms with E-state index in [-0.39, 0.29) is 0 Å². The highest BCUT2D eigenvalue weighted by Gasteiger charge is 2.36. The molecule has 0 saturated heterocycles. The Balaban J connectivity index is 4.08. The molecule has 0 aromatic heterocycles. The van der Waals surface area contributed by atoms with Crippen LogP contribution in [0.15, 0.2) is 0 Å². The summed E-state index contributed by atoms with van der Waals surface area (Å²) in [4.78, 5) is 2.42. The Hall–Kier alpha value is -0.0231. The Kier molecular flexibility index (Phi) is 13.6. The zero-order chi connectivity index (χ0) is 16.0. The minimum atomic E-state index is -2.44. The molecule has 128 valence electrons. The highest BCUT2D eigenvalue weighted by Crippen LogP contribution is 2.15. The van der Waals surface area contributed by atoms with E-state index >= 15 is 0 Å². The molecule has 0 fully saturated rings. The monoisotopic (exact) mass is 323 g/mol. The van der Waals surface area contributed by atoms with E-state index in [9.17, 15) is 0 Å². The second-order valence-electron chi connectivity index (χ2n) is 4.93. The van der Waals surface area contributed by atoms with Crippen molar-refractivity contribution in [2.75, 3.05) is 68.4 Å². The Morgan fingerprint density at radius 3 is 1.76 bits per heavy atom. The van der Waals surface area contributed by atoms with Crippen LogP contribution in [0.1, 0.15) is 19.3 Å². The van der Waals surface area contributed by atoms with Gasteiger partial charge in [0.25, 0.3) is 0 Å². The first-order valence-corrected chi connectivity index (χ1v) is 9.47. The summed E-state index contributed by atoms with van der Waals surface area (Å²) in [5.74, 6) is 0. The van der Waals surface area contributed by atoms with Gasteiger partial charge in [-0.3, -0.25) is 0 Å². The summed E-state index contributed by atoms with van der Waals surface area (Å²) < 4.78 is 26.6. The average Bonchev–Trinajstić information content (AvgIpc) is 2.53. The lowest BCUT2D eigenvalue weighted by Gasteiger charge is -2.26. The summed E-state index contributed by atoms with van der Waals surface area (Å²) in [6.45, 7) is 4.59. The van der Waals surface area contributed by atoms with Crippen molar-refractivity contribution >= 4 is 8.80 Å². The van der Waals surface area contributed by atoms with Crippen LogP contribution in [0.4, 0.5) is 0 Å². The van der Waals surface area contributed by atoms with Crippen molar-refractivity contribution in [1.82, 2.24) is 4.90 Å². The molecule has 0 bridgehead atoms. The van der Waals surface area contributed by atoms with E-state index in [4.69, 9.17) is 22.8 Å². The standard InChI is InChI=1S/C14H33NO5Si/c1-16-12-7-6-9-15(11-13-17-2)10-8-14-21(18-3,19-4)20-5/h6-14H2,1-5H3. The van der Waals surface area contributed by atoms with Gasteiger partial charge in [-0.1, -0.05) is 0 Å². The normalized spacial score (nSPS) is 12.3. The molecule has 0 atom stereocenters. The lowest BCUT2D eigenvalue weighted by atomic mass is 10.3. The molecule has 0 aliphatic carbocycles. The molecule has 0 radical (unpaired) electrons. The molecule has 0 aliphatic heterocycles. The van der Waals surface area contributed by atoms with Gasteiger partial charge in [-0.15, -0.1) is 0 Å². The van der Waals surface area contributed by atoms with Gasteiger partial charge in [-0.2, -0.15) is 0 Å². The number of nitrogens with zero attached hydrogens (tertiary/aromatic N) is 1. The molecule has 0 unspecified atom stereocenters. The van der Waals surface area contributed by atoms with E-state index in [1.165, 1.54) is 0 Å². The molecule has 0 heterocycles. The summed E-state index contributed by atoms with van der Waals surface area (Å²) in [7, 11) is 6.02. The van der Waals surface area contributed by atoms with Crippen molar-refractivity contribution in [3.05, 3.63) is 0 Å². The van der Waals surface area contributed by atoms with Crippen molar-refractivity contribution in [2.45, 2.75) is 25.3 Å². The van der Waals surface area contributed by atoms with E-state index in [0.717, 1.165) is 58.2 Å². The topological polar surface area (TPSA) is 49.4 Å². The van der Waals surface area contributed by atoms with Gasteiger partial charge in [-0.05, 0) is 32.4 Å². The maximum Gasteiger partial charge on any atom is 0.500 e. The first kappa shape index (κ1) is 21.0. The predicted molar refractivity (Wildman–Crippen MR) is 85.6 cm³/mol. The van der Waals surface area contributed by atoms with Crippen LogP contribution in [0.2, 0.25) is 6.04 Å². The summed E-state index contributed by atoms with van der Waals surface area (Å²) in [6, 6.07) is 0.831. The van der Waals surface area contributed by atoms with Crippen LogP contribution in [0.25, 0.3) is 0 Å². The average molecular weight is 324 g/mol. The number of unbranched alkanes of at least 4 members (excludes halogenated alkanes) is 1. The van der Waals surface area contributed by atoms with Crippen molar-refractivity contribution < 1.29 is 22.8 Å². The largest absolute Gasteiger partial charge is 0.500 e. The fourth-order valence-electron chi connectivity index (χ4n) is 2.21. The maximum absolute atomic E-state index is 5.45. The van der Waals surface area contributed by atoms with Gasteiger partial charge in [-0.25, -0.2) is 0 Å². The summed E-state index contributed by atoms with van der Waals surface area (Å²) in [5, 5.41) is 0. The minimum Gasteiger partial charge on any atom is -0.385 e. The molecule has 0 aromatic carbocycles. The molecule has 0 aliphatic rings. The molecular formula is C14H33NO5Si. The quantitative estimate of drug-likeness (QED) is 0.337. The van der Waals surface area contributed by atoms with Crippen LogP contribution in [-0.4, -0.2) is 82.1 Å². The van der Waals surface area contributed by atoms with Crippen molar-refractivity contribution in [2.24, 2.45) is 0 Å². The maximum atomic E-state index is 5.45. The molecule has 0 aromatic rings. The number of hydrogen-bond donors (Lipinski definition) is 0. The number of rotatable bonds is 15. The second kappa shape index (κ2) is 13.6. The SMILES string of the molecule is COCCCCN(CCC[Si](OC)(OC)OC)CCOC. The first-order chi connectivity index (χ1) is 10.2. The molecule has 0 saturated carbocycles. The van der Waals surface area contributed by atoms with Gasteiger partial charge in [0, 0.05) is 54.7 Å². The zero-order valence-corrected chi connectivity index (χ0v) is 15.4. The highest BCUT2D eigenvalue weighted by atomic mass is 28.4. The summed E-state index contributed by atoms with van der Waals surface area (Å²) in [6.07, 6.45) is 3.22. The molecule has 0 spiro atoms. The Morgan fingerprint density at radius 1 is 0.667 bits per heavy atom. The summed E-state index contributed by atoms with van der Waals surface area (Å²) in [5.41, 5.74) is 0. The fourth-order valence-corrected chi connectivity index (χ4v) is 3.92. The van der Waals surface area contributed by atoms with Gasteiger partial charge in [0.15, 0.2) is 0 Å². The molecular weight excluding hydrogens is 290 g/mol. The third kappa shape index (κ3) is 9.57. The van der Waals surface area contributed by atoms with Gasteiger partial charge in [0.05, 0.1) is 6.61 Å². The van der Waals surface area contributed by atoms with Crippen molar-refractivity contribution in [3.63, 3.8) is 0 Å². The first-order valence-electron chi connectivity index (χ1n) is 7.53. The third-order valence-corrected chi connectivity index (χ3v) is 6.41. The van der Waals surface area contributed by atoms with Gasteiger partial charge >= 0.3 is 8.80 Å². The van der Waals surface area contributed by atoms with Crippen LogP contribution >= 0.6 is 0 Å². The predicted octanol–water partition coefficient (Wildman–Crippen LogP) is 1.63. The van der Waals surface area contributed by atoms with Crippen LogP contribution in [0.5, 0.6) is 0 Å². The van der Waals surface area contributed by atoms with Gasteiger partial charge in [0.1, 0.15) is 0 Å². The molecule has 21 heavy (non-hydrogen) atoms. The molecule has 0 amide bonds. The van der Waals surface area contributed by atoms with E-state index in [2.05, 4.69) is 4.90 Å². The van der Waals surface area contributed by atoms with Crippen LogP contribution in [-0.2, 0) is 22.8 Å². The second-order valence-corrected chi connectivity index (χ2v) is 8.02.